The van der Waals surface area contributed by atoms with Crippen molar-refractivity contribution in [1.29, 1.82) is 5.41 Å². The second-order valence-electron chi connectivity index (χ2n) is 9.53. The van der Waals surface area contributed by atoms with Crippen LogP contribution in [0.3, 0.4) is 0 Å². The van der Waals surface area contributed by atoms with E-state index in [9.17, 15) is 24.0 Å². The third kappa shape index (κ3) is 9.13. The first kappa shape index (κ1) is 30.7. The molecule has 0 radical (unpaired) electrons. The van der Waals surface area contributed by atoms with Gasteiger partial charge < -0.3 is 31.1 Å². The number of hydrogen-bond donors (Lipinski definition) is 5. The van der Waals surface area contributed by atoms with Gasteiger partial charge in [-0.05, 0) is 30.5 Å². The van der Waals surface area contributed by atoms with E-state index in [1.807, 2.05) is 42.5 Å². The summed E-state index contributed by atoms with van der Waals surface area (Å²) < 4.78 is 5.15. The highest BCUT2D eigenvalue weighted by atomic mass is 16.5. The van der Waals surface area contributed by atoms with Crippen molar-refractivity contribution in [2.45, 2.75) is 57.7 Å². The Kier molecular flexibility index (Phi) is 11.3. The maximum atomic E-state index is 13.4. The number of benzene rings is 2. The first-order valence-electron chi connectivity index (χ1n) is 13.4. The number of amides is 3. The molecule has 0 spiro atoms. The fourth-order valence-electron chi connectivity index (χ4n) is 4.43. The largest absolute Gasteiger partial charge is 0.464 e. The lowest BCUT2D eigenvalue weighted by Crippen LogP contribution is -2.56. The molecule has 5 N–H and O–H groups in total. The summed E-state index contributed by atoms with van der Waals surface area (Å²) in [6, 6.07) is 13.3. The molecule has 2 aromatic carbocycles. The predicted molar refractivity (Wildman–Crippen MR) is 153 cm³/mol. The minimum absolute atomic E-state index is 0.111. The van der Waals surface area contributed by atoms with Crippen molar-refractivity contribution in [3.63, 3.8) is 0 Å². The Hall–Kier alpha value is -4.80. The van der Waals surface area contributed by atoms with Crippen LogP contribution in [-0.2, 0) is 41.6 Å². The van der Waals surface area contributed by atoms with E-state index in [4.69, 9.17) is 10.1 Å². The second-order valence-corrected chi connectivity index (χ2v) is 9.53. The number of nitrogens with one attached hydrogen (secondary N) is 5. The van der Waals surface area contributed by atoms with E-state index in [2.05, 4.69) is 20.9 Å². The SMILES string of the molecule is CCOC(=O)[C@H](Cc1ccccc1)NC(=O)[C@H](CCC(=O)C=N)NC(=O)[C@H](Cc1c[nH]c2ccccc12)NC(C)=O. The molecule has 41 heavy (non-hydrogen) atoms. The zero-order chi connectivity index (χ0) is 29.8. The minimum Gasteiger partial charge on any atom is -0.464 e. The van der Waals surface area contributed by atoms with Crippen molar-refractivity contribution < 1.29 is 28.7 Å². The topological polar surface area (TPSA) is 170 Å². The van der Waals surface area contributed by atoms with Gasteiger partial charge in [0.05, 0.1) is 12.8 Å². The smallest absolute Gasteiger partial charge is 0.328 e. The highest BCUT2D eigenvalue weighted by molar-refractivity contribution is 6.26. The molecule has 0 aliphatic carbocycles. The molecule has 0 aliphatic heterocycles. The predicted octanol–water partition coefficient (Wildman–Crippen LogP) is 1.99. The number of H-pyrrole nitrogens is 1. The third-order valence-corrected chi connectivity index (χ3v) is 6.44. The second kappa shape index (κ2) is 15.1. The molecule has 0 fully saturated rings. The molecule has 11 nitrogen and oxygen atoms in total. The first-order chi connectivity index (χ1) is 19.7. The molecule has 3 amide bonds. The van der Waals surface area contributed by atoms with Crippen LogP contribution in [-0.4, -0.2) is 65.4 Å². The van der Waals surface area contributed by atoms with Gasteiger partial charge in [-0.15, -0.1) is 0 Å². The van der Waals surface area contributed by atoms with Gasteiger partial charge in [-0.3, -0.25) is 19.2 Å². The highest BCUT2D eigenvalue weighted by Crippen LogP contribution is 2.19. The van der Waals surface area contributed by atoms with E-state index in [1.165, 1.54) is 6.92 Å². The number of carbonyl (C=O) groups excluding carboxylic acids is 5. The third-order valence-electron chi connectivity index (χ3n) is 6.44. The molecule has 0 bridgehead atoms. The van der Waals surface area contributed by atoms with Crippen LogP contribution in [0.5, 0.6) is 0 Å². The van der Waals surface area contributed by atoms with Gasteiger partial charge in [-0.2, -0.15) is 0 Å². The van der Waals surface area contributed by atoms with Crippen LogP contribution >= 0.6 is 0 Å². The van der Waals surface area contributed by atoms with Crippen LogP contribution in [0.15, 0.2) is 60.8 Å². The number of ether oxygens (including phenoxy) is 1. The summed E-state index contributed by atoms with van der Waals surface area (Å²) in [5, 5.41) is 16.0. The maximum absolute atomic E-state index is 13.4. The molecule has 216 valence electrons. The summed E-state index contributed by atoms with van der Waals surface area (Å²) in [4.78, 5) is 66.6. The van der Waals surface area contributed by atoms with Gasteiger partial charge in [-0.1, -0.05) is 48.5 Å². The number of carbonyl (C=O) groups is 5. The summed E-state index contributed by atoms with van der Waals surface area (Å²) in [7, 11) is 0. The van der Waals surface area contributed by atoms with Crippen molar-refractivity contribution in [1.82, 2.24) is 20.9 Å². The van der Waals surface area contributed by atoms with E-state index in [0.29, 0.717) is 6.21 Å². The average molecular weight is 562 g/mol. The summed E-state index contributed by atoms with van der Waals surface area (Å²) in [6.45, 7) is 3.05. The molecular formula is C30H35N5O6. The van der Waals surface area contributed by atoms with Crippen molar-refractivity contribution in [3.05, 3.63) is 71.9 Å². The fourth-order valence-corrected chi connectivity index (χ4v) is 4.43. The van der Waals surface area contributed by atoms with E-state index in [-0.39, 0.29) is 32.3 Å². The molecule has 1 aromatic heterocycles. The van der Waals surface area contributed by atoms with E-state index in [0.717, 1.165) is 22.0 Å². The van der Waals surface area contributed by atoms with Gasteiger partial charge in [-0.25, -0.2) is 4.79 Å². The summed E-state index contributed by atoms with van der Waals surface area (Å²) in [5.41, 5.74) is 2.45. The number of hydrogen-bond acceptors (Lipinski definition) is 7. The maximum Gasteiger partial charge on any atom is 0.328 e. The lowest BCUT2D eigenvalue weighted by atomic mass is 10.0. The molecule has 0 aliphatic rings. The molecule has 1 heterocycles. The quantitative estimate of drug-likeness (QED) is 0.140. The first-order valence-corrected chi connectivity index (χ1v) is 13.4. The summed E-state index contributed by atoms with van der Waals surface area (Å²) >= 11 is 0. The number of fused-ring (bicyclic) bond motifs is 1. The molecule has 0 saturated carbocycles. The van der Waals surface area contributed by atoms with Gasteiger partial charge >= 0.3 is 5.97 Å². The monoisotopic (exact) mass is 561 g/mol. The number of aromatic nitrogens is 1. The van der Waals surface area contributed by atoms with Gasteiger partial charge in [0, 0.05) is 43.3 Å². The van der Waals surface area contributed by atoms with Gasteiger partial charge in [0.15, 0.2) is 5.78 Å². The Morgan fingerprint density at radius 3 is 2.22 bits per heavy atom. The standard InChI is InChI=1S/C30H35N5O6/c1-3-41-30(40)27(15-20-9-5-4-6-10-20)35-28(38)25(14-13-22(37)17-31)34-29(39)26(33-19(2)36)16-21-18-32-24-12-8-7-11-23(21)24/h4-12,17-18,25-27,31-32H,3,13-16H2,1-2H3,(H,33,36)(H,34,39)(H,35,38)/t25-,26-,27-/m0/s1. The normalized spacial score (nSPS) is 12.9. The van der Waals surface area contributed by atoms with Crippen molar-refractivity contribution in [2.75, 3.05) is 6.61 Å². The Bertz CT molecular complexity index is 1390. The molecule has 3 aromatic rings. The zero-order valence-corrected chi connectivity index (χ0v) is 23.1. The van der Waals surface area contributed by atoms with Crippen molar-refractivity contribution >= 4 is 46.6 Å². The van der Waals surface area contributed by atoms with Crippen molar-refractivity contribution in [3.8, 4) is 0 Å². The van der Waals surface area contributed by atoms with Crippen molar-refractivity contribution in [2.24, 2.45) is 0 Å². The Labute approximate surface area is 237 Å². The molecular weight excluding hydrogens is 526 g/mol. The number of esters is 1. The molecule has 3 rings (SSSR count). The van der Waals surface area contributed by atoms with Gasteiger partial charge in [0.1, 0.15) is 18.1 Å². The fraction of sp³-hybridized carbons (Fsp3) is 0.333. The minimum atomic E-state index is -1.22. The molecule has 0 unspecified atom stereocenters. The Morgan fingerprint density at radius 2 is 1.54 bits per heavy atom. The Morgan fingerprint density at radius 1 is 0.878 bits per heavy atom. The number of para-hydroxylation sites is 1. The number of Topliss-reactive ketones (excluding diaryl/α,β-unsaturated/α-hetero) is 1. The lowest BCUT2D eigenvalue weighted by molar-refractivity contribution is -0.147. The van der Waals surface area contributed by atoms with Crippen LogP contribution in [0.1, 0.15) is 37.8 Å². The zero-order valence-electron chi connectivity index (χ0n) is 23.1. The van der Waals surface area contributed by atoms with E-state index >= 15 is 0 Å². The van der Waals surface area contributed by atoms with Crippen LogP contribution in [0.2, 0.25) is 0 Å². The Balaban J connectivity index is 1.82. The van der Waals surface area contributed by atoms with Gasteiger partial charge in [0.25, 0.3) is 0 Å². The molecule has 3 atom stereocenters. The van der Waals surface area contributed by atoms with Crippen LogP contribution in [0, 0.1) is 5.41 Å². The highest BCUT2D eigenvalue weighted by Gasteiger charge is 2.30. The lowest BCUT2D eigenvalue weighted by Gasteiger charge is -2.25. The molecule has 11 heteroatoms. The molecule has 0 saturated heterocycles. The summed E-state index contributed by atoms with van der Waals surface area (Å²) in [5.74, 6) is -2.93. The van der Waals surface area contributed by atoms with Crippen LogP contribution < -0.4 is 16.0 Å². The number of rotatable bonds is 15. The number of aromatic amines is 1. The number of ketones is 1. The van der Waals surface area contributed by atoms with Crippen LogP contribution in [0.4, 0.5) is 0 Å². The van der Waals surface area contributed by atoms with E-state index < -0.39 is 47.6 Å². The summed E-state index contributed by atoms with van der Waals surface area (Å²) in [6.07, 6.45) is 2.39. The average Bonchev–Trinajstić information content (AvgIpc) is 3.37. The van der Waals surface area contributed by atoms with Gasteiger partial charge in [0.2, 0.25) is 17.7 Å². The van der Waals surface area contributed by atoms with Crippen LogP contribution in [0.25, 0.3) is 10.9 Å². The van der Waals surface area contributed by atoms with E-state index in [1.54, 1.807) is 25.3 Å².